The van der Waals surface area contributed by atoms with E-state index in [4.69, 9.17) is 28.4 Å². The molecule has 0 bridgehead atoms. The van der Waals surface area contributed by atoms with Crippen LogP contribution in [-0.2, 0) is 25.7 Å². The number of phenols is 1. The van der Waals surface area contributed by atoms with E-state index in [1.54, 1.807) is 35.5 Å². The lowest BCUT2D eigenvalue weighted by molar-refractivity contribution is 0.225. The minimum atomic E-state index is -0.0193. The predicted octanol–water partition coefficient (Wildman–Crippen LogP) is 6.75. The SMILES string of the molecule is COc1cc2c(cc1OC)[C@H](Cc1ccc(Oc3c(O)c(OC)cc4c3C[C@H]3c5c(cc(OC)c(OC)c5-4)CCN3C)cc1)N(C)CC2. The molecule has 48 heavy (non-hydrogen) atoms. The number of nitrogens with zero attached hydrogens (tertiary/aromatic N) is 2. The third-order valence-corrected chi connectivity index (χ3v) is 10.4. The highest BCUT2D eigenvalue weighted by Gasteiger charge is 2.39. The molecule has 2 heterocycles. The first-order chi connectivity index (χ1) is 23.3. The first kappa shape index (κ1) is 32.0. The zero-order valence-corrected chi connectivity index (χ0v) is 28.8. The molecule has 4 aromatic carbocycles. The second-order valence-corrected chi connectivity index (χ2v) is 12.9. The van der Waals surface area contributed by atoms with Crippen LogP contribution in [0.15, 0.2) is 48.5 Å². The summed E-state index contributed by atoms with van der Waals surface area (Å²) in [6, 6.07) is 16.7. The van der Waals surface area contributed by atoms with Crippen LogP contribution in [0.2, 0.25) is 0 Å². The van der Waals surface area contributed by atoms with Gasteiger partial charge in [0.25, 0.3) is 0 Å². The zero-order chi connectivity index (χ0) is 33.7. The predicted molar refractivity (Wildman–Crippen MR) is 185 cm³/mol. The number of phenolic OH excluding ortho intramolecular Hbond substituents is 1. The van der Waals surface area contributed by atoms with Gasteiger partial charge in [0.1, 0.15) is 5.75 Å². The molecule has 2 aliphatic heterocycles. The molecule has 0 amide bonds. The second kappa shape index (κ2) is 12.8. The van der Waals surface area contributed by atoms with Gasteiger partial charge in [-0.05, 0) is 110 Å². The van der Waals surface area contributed by atoms with Crippen LogP contribution in [0.1, 0.15) is 45.5 Å². The van der Waals surface area contributed by atoms with Crippen LogP contribution < -0.4 is 28.4 Å². The molecule has 7 rings (SSSR count). The molecule has 0 radical (unpaired) electrons. The van der Waals surface area contributed by atoms with E-state index < -0.39 is 0 Å². The maximum atomic E-state index is 11.5. The van der Waals surface area contributed by atoms with E-state index >= 15 is 0 Å². The van der Waals surface area contributed by atoms with E-state index in [2.05, 4.69) is 54.2 Å². The molecule has 9 heteroatoms. The van der Waals surface area contributed by atoms with Crippen molar-refractivity contribution >= 4 is 0 Å². The van der Waals surface area contributed by atoms with Crippen molar-refractivity contribution in [2.24, 2.45) is 0 Å². The minimum absolute atomic E-state index is 0.0193. The van der Waals surface area contributed by atoms with Gasteiger partial charge in [-0.3, -0.25) is 9.80 Å². The van der Waals surface area contributed by atoms with E-state index in [9.17, 15) is 5.11 Å². The van der Waals surface area contributed by atoms with Crippen molar-refractivity contribution in [1.82, 2.24) is 9.80 Å². The van der Waals surface area contributed by atoms with Gasteiger partial charge in [0.15, 0.2) is 34.5 Å². The van der Waals surface area contributed by atoms with Crippen LogP contribution in [-0.4, -0.2) is 77.6 Å². The van der Waals surface area contributed by atoms with Crippen LogP contribution in [0.25, 0.3) is 11.1 Å². The van der Waals surface area contributed by atoms with Crippen molar-refractivity contribution in [3.63, 3.8) is 0 Å². The van der Waals surface area contributed by atoms with Crippen molar-refractivity contribution in [2.45, 2.75) is 37.8 Å². The van der Waals surface area contributed by atoms with Crippen LogP contribution in [0.4, 0.5) is 0 Å². The van der Waals surface area contributed by atoms with E-state index in [0.29, 0.717) is 35.2 Å². The Hall–Kier alpha value is -4.60. The number of hydrogen-bond donors (Lipinski definition) is 1. The zero-order valence-electron chi connectivity index (χ0n) is 28.8. The fraction of sp³-hybridized carbons (Fsp3) is 0.385. The summed E-state index contributed by atoms with van der Waals surface area (Å²) in [7, 11) is 12.6. The van der Waals surface area contributed by atoms with Crippen molar-refractivity contribution in [3.8, 4) is 57.1 Å². The smallest absolute Gasteiger partial charge is 0.201 e. The molecular weight excluding hydrogens is 608 g/mol. The van der Waals surface area contributed by atoms with Crippen LogP contribution >= 0.6 is 0 Å². The van der Waals surface area contributed by atoms with Gasteiger partial charge < -0.3 is 33.5 Å². The number of ether oxygens (including phenoxy) is 6. The first-order valence-corrected chi connectivity index (χ1v) is 16.4. The molecule has 0 aromatic heterocycles. The molecule has 252 valence electrons. The van der Waals surface area contributed by atoms with E-state index in [1.165, 1.54) is 27.8 Å². The van der Waals surface area contributed by atoms with E-state index in [1.807, 2.05) is 18.2 Å². The third kappa shape index (κ3) is 5.25. The van der Waals surface area contributed by atoms with Crippen LogP contribution in [0, 0.1) is 0 Å². The monoisotopic (exact) mass is 652 g/mol. The fourth-order valence-corrected chi connectivity index (χ4v) is 7.85. The Kier molecular flexibility index (Phi) is 8.51. The molecule has 0 spiro atoms. The number of aromatic hydroxyl groups is 1. The topological polar surface area (TPSA) is 82.1 Å². The highest BCUT2D eigenvalue weighted by molar-refractivity contribution is 5.87. The number of fused-ring (bicyclic) bond motifs is 3. The molecule has 0 saturated carbocycles. The number of rotatable bonds is 9. The van der Waals surface area contributed by atoms with Gasteiger partial charge in [-0.1, -0.05) is 12.1 Å². The van der Waals surface area contributed by atoms with Gasteiger partial charge in [-0.15, -0.1) is 0 Å². The van der Waals surface area contributed by atoms with Crippen molar-refractivity contribution in [1.29, 1.82) is 0 Å². The summed E-state index contributed by atoms with van der Waals surface area (Å²) in [5, 5.41) is 11.5. The molecule has 2 atom stereocenters. The lowest BCUT2D eigenvalue weighted by Gasteiger charge is -2.41. The highest BCUT2D eigenvalue weighted by Crippen LogP contribution is 2.57. The third-order valence-electron chi connectivity index (χ3n) is 10.4. The van der Waals surface area contributed by atoms with Gasteiger partial charge in [0.05, 0.1) is 35.5 Å². The molecule has 1 aliphatic carbocycles. The Morgan fingerprint density at radius 3 is 2.04 bits per heavy atom. The Labute approximate surface area is 282 Å². The summed E-state index contributed by atoms with van der Waals surface area (Å²) in [5.41, 5.74) is 9.02. The highest BCUT2D eigenvalue weighted by atomic mass is 16.5. The molecule has 4 aromatic rings. The van der Waals surface area contributed by atoms with Crippen molar-refractivity contribution in [2.75, 3.05) is 62.7 Å². The number of hydrogen-bond acceptors (Lipinski definition) is 9. The average molecular weight is 653 g/mol. The molecular formula is C39H44N2O7. The van der Waals surface area contributed by atoms with Crippen LogP contribution in [0.3, 0.4) is 0 Å². The number of benzene rings is 4. The number of likely N-dealkylation sites (N-methyl/N-ethyl adjacent to an activating group) is 2. The summed E-state index contributed by atoms with van der Waals surface area (Å²) in [5.74, 6) is 4.23. The summed E-state index contributed by atoms with van der Waals surface area (Å²) in [6.45, 7) is 1.88. The molecule has 3 aliphatic rings. The standard InChI is InChI=1S/C39H44N2O7/c1-40-14-12-23-17-31(43-3)32(44-4)20-26(23)29(40)16-22-8-10-25(11-9-22)48-38-28-19-30-35-24(13-15-41(30)2)18-34(46-6)39(47-7)36(35)27(28)21-33(45-5)37(38)42/h8-11,17-18,20-21,29-30,42H,12-16,19H2,1-7H3/t29-,30-/m0/s1. The Balaban J connectivity index is 1.24. The van der Waals surface area contributed by atoms with Gasteiger partial charge in [-0.2, -0.15) is 0 Å². The van der Waals surface area contributed by atoms with Gasteiger partial charge >= 0.3 is 0 Å². The molecule has 0 saturated heterocycles. The Morgan fingerprint density at radius 2 is 1.35 bits per heavy atom. The van der Waals surface area contributed by atoms with Gasteiger partial charge in [0, 0.05) is 36.3 Å². The molecule has 9 nitrogen and oxygen atoms in total. The summed E-state index contributed by atoms with van der Waals surface area (Å²) in [4.78, 5) is 4.76. The molecule has 1 N–H and O–H groups in total. The van der Waals surface area contributed by atoms with E-state index in [-0.39, 0.29) is 17.8 Å². The fourth-order valence-electron chi connectivity index (χ4n) is 7.85. The first-order valence-electron chi connectivity index (χ1n) is 16.4. The normalized spacial score (nSPS) is 18.3. The maximum absolute atomic E-state index is 11.5. The molecule has 0 unspecified atom stereocenters. The minimum Gasteiger partial charge on any atom is -0.502 e. The summed E-state index contributed by atoms with van der Waals surface area (Å²) < 4.78 is 35.3. The summed E-state index contributed by atoms with van der Waals surface area (Å²) >= 11 is 0. The van der Waals surface area contributed by atoms with Crippen molar-refractivity contribution in [3.05, 3.63) is 81.9 Å². The Morgan fingerprint density at radius 1 is 0.708 bits per heavy atom. The lowest BCUT2D eigenvalue weighted by atomic mass is 9.76. The summed E-state index contributed by atoms with van der Waals surface area (Å²) in [6.07, 6.45) is 3.38. The van der Waals surface area contributed by atoms with Gasteiger partial charge in [0.2, 0.25) is 5.75 Å². The van der Waals surface area contributed by atoms with Gasteiger partial charge in [-0.25, -0.2) is 0 Å². The van der Waals surface area contributed by atoms with Crippen LogP contribution in [0.5, 0.6) is 46.0 Å². The quantitative estimate of drug-likeness (QED) is 0.211. The maximum Gasteiger partial charge on any atom is 0.201 e. The van der Waals surface area contributed by atoms with Crippen molar-refractivity contribution < 1.29 is 33.5 Å². The Bertz CT molecular complexity index is 1860. The van der Waals surface area contributed by atoms with E-state index in [0.717, 1.165) is 60.5 Å². The number of methoxy groups -OCH3 is 5. The largest absolute Gasteiger partial charge is 0.502 e. The molecule has 0 fully saturated rings. The average Bonchev–Trinajstić information content (AvgIpc) is 3.11. The second-order valence-electron chi connectivity index (χ2n) is 12.9. The lowest BCUT2D eigenvalue weighted by Crippen LogP contribution is -2.35.